The highest BCUT2D eigenvalue weighted by Crippen LogP contribution is 2.32. The molecule has 0 aliphatic rings. The summed E-state index contributed by atoms with van der Waals surface area (Å²) in [6, 6.07) is 44.0. The Hall–Kier alpha value is -5.53. The molecule has 1 amide bonds. The molecule has 0 spiro atoms. The smallest absolute Gasteiger partial charge is 0.230 e. The summed E-state index contributed by atoms with van der Waals surface area (Å²) < 4.78 is 0. The molecular formula is C40H38N6O. The number of amides is 1. The molecule has 2 aromatic carbocycles. The van der Waals surface area contributed by atoms with Crippen LogP contribution in [0.2, 0.25) is 0 Å². The highest BCUT2D eigenvalue weighted by atomic mass is 16.2. The first kappa shape index (κ1) is 31.5. The first-order valence-corrected chi connectivity index (χ1v) is 15.8. The summed E-state index contributed by atoms with van der Waals surface area (Å²) in [6.07, 6.45) is 1.81. The van der Waals surface area contributed by atoms with Crippen molar-refractivity contribution in [3.63, 3.8) is 0 Å². The maximum absolute atomic E-state index is 12.8. The number of rotatable bonds is 10. The zero-order valence-corrected chi connectivity index (χ0v) is 26.9. The van der Waals surface area contributed by atoms with E-state index in [9.17, 15) is 4.79 Å². The van der Waals surface area contributed by atoms with Crippen LogP contribution >= 0.6 is 0 Å². The topological polar surface area (TPSA) is 83.9 Å². The molecule has 1 N–H and O–H groups in total. The molecule has 0 unspecified atom stereocenters. The largest absolute Gasteiger partial charge is 0.310 e. The van der Waals surface area contributed by atoms with E-state index in [1.807, 2.05) is 112 Å². The van der Waals surface area contributed by atoms with Gasteiger partial charge in [0.15, 0.2) is 0 Å². The second-order valence-electron chi connectivity index (χ2n) is 12.5. The summed E-state index contributed by atoms with van der Waals surface area (Å²) in [4.78, 5) is 35.1. The number of pyridine rings is 4. The van der Waals surface area contributed by atoms with Crippen molar-refractivity contribution >= 4 is 11.7 Å². The standard InChI is InChI=1S/C40H38N6O/c1-40(2,3)39(47)45-37-25-12-20-32(42-37)28-46(27-31-19-10-11-26-41-31)38(35-23-13-21-33(43-35)29-15-6-4-7-16-29)36-24-14-22-34(44-36)30-17-8-5-9-18-30/h4-26,38H,27-28H2,1-3H3,(H,42,45,47). The third kappa shape index (κ3) is 8.01. The Kier molecular flexibility index (Phi) is 9.55. The summed E-state index contributed by atoms with van der Waals surface area (Å²) in [6.45, 7) is 6.63. The van der Waals surface area contributed by atoms with E-state index in [4.69, 9.17) is 15.0 Å². The SMILES string of the molecule is CC(C)(C)C(=O)Nc1cccc(CN(Cc2ccccn2)C(c2cccc(-c3ccccc3)n2)c2cccc(-c3ccccc3)n2)n1. The Morgan fingerprint density at radius 1 is 0.617 bits per heavy atom. The molecule has 0 radical (unpaired) electrons. The van der Waals surface area contributed by atoms with Gasteiger partial charge >= 0.3 is 0 Å². The van der Waals surface area contributed by atoms with Crippen molar-refractivity contribution in [3.8, 4) is 22.5 Å². The van der Waals surface area contributed by atoms with E-state index in [1.54, 1.807) is 0 Å². The molecule has 0 saturated heterocycles. The van der Waals surface area contributed by atoms with Gasteiger partial charge in [0.1, 0.15) is 5.82 Å². The lowest BCUT2D eigenvalue weighted by molar-refractivity contribution is -0.123. The third-order valence-electron chi connectivity index (χ3n) is 7.79. The summed E-state index contributed by atoms with van der Waals surface area (Å²) >= 11 is 0. The quantitative estimate of drug-likeness (QED) is 0.166. The second kappa shape index (κ2) is 14.3. The average molecular weight is 619 g/mol. The van der Waals surface area contributed by atoms with Crippen LogP contribution in [0.3, 0.4) is 0 Å². The van der Waals surface area contributed by atoms with Gasteiger partial charge in [0, 0.05) is 35.8 Å². The van der Waals surface area contributed by atoms with Crippen molar-refractivity contribution < 1.29 is 4.79 Å². The normalized spacial score (nSPS) is 11.5. The zero-order chi connectivity index (χ0) is 32.6. The van der Waals surface area contributed by atoms with Crippen molar-refractivity contribution in [1.29, 1.82) is 0 Å². The van der Waals surface area contributed by atoms with Gasteiger partial charge in [-0.05, 0) is 48.5 Å². The van der Waals surface area contributed by atoms with Gasteiger partial charge in [-0.3, -0.25) is 24.6 Å². The number of anilines is 1. The maximum Gasteiger partial charge on any atom is 0.230 e. The van der Waals surface area contributed by atoms with E-state index in [0.29, 0.717) is 18.9 Å². The lowest BCUT2D eigenvalue weighted by Crippen LogP contribution is -2.31. The van der Waals surface area contributed by atoms with E-state index in [1.165, 1.54) is 0 Å². The lowest BCUT2D eigenvalue weighted by Gasteiger charge is -2.31. The monoisotopic (exact) mass is 618 g/mol. The molecular weight excluding hydrogens is 580 g/mol. The molecule has 7 nitrogen and oxygen atoms in total. The van der Waals surface area contributed by atoms with Gasteiger partial charge in [0.05, 0.1) is 40.2 Å². The summed E-state index contributed by atoms with van der Waals surface area (Å²) in [5.41, 5.74) is 6.74. The first-order chi connectivity index (χ1) is 22.8. The summed E-state index contributed by atoms with van der Waals surface area (Å²) in [5.74, 6) is 0.430. The highest BCUT2D eigenvalue weighted by molar-refractivity contribution is 5.93. The Bertz CT molecular complexity index is 1840. The van der Waals surface area contributed by atoms with Gasteiger partial charge in [-0.1, -0.05) is 106 Å². The van der Waals surface area contributed by atoms with Gasteiger partial charge in [-0.25, -0.2) is 4.98 Å². The van der Waals surface area contributed by atoms with Gasteiger partial charge in [-0.2, -0.15) is 0 Å². The van der Waals surface area contributed by atoms with Crippen LogP contribution in [0.15, 0.2) is 140 Å². The van der Waals surface area contributed by atoms with Crippen LogP contribution in [-0.4, -0.2) is 30.7 Å². The van der Waals surface area contributed by atoms with Crippen LogP contribution in [0.4, 0.5) is 5.82 Å². The number of hydrogen-bond donors (Lipinski definition) is 1. The number of carbonyl (C=O) groups is 1. The van der Waals surface area contributed by atoms with Crippen LogP contribution < -0.4 is 5.32 Å². The van der Waals surface area contributed by atoms with Crippen LogP contribution in [-0.2, 0) is 17.9 Å². The van der Waals surface area contributed by atoms with E-state index >= 15 is 0 Å². The van der Waals surface area contributed by atoms with Crippen molar-refractivity contribution in [2.45, 2.75) is 39.9 Å². The number of hydrogen-bond acceptors (Lipinski definition) is 6. The molecule has 4 aromatic heterocycles. The fourth-order valence-electron chi connectivity index (χ4n) is 5.36. The Balaban J connectivity index is 1.46. The predicted octanol–water partition coefficient (Wildman–Crippen LogP) is 8.38. The fourth-order valence-corrected chi connectivity index (χ4v) is 5.36. The van der Waals surface area contributed by atoms with Gasteiger partial charge in [0.25, 0.3) is 0 Å². The first-order valence-electron chi connectivity index (χ1n) is 15.8. The minimum atomic E-state index is -0.543. The average Bonchev–Trinajstić information content (AvgIpc) is 3.10. The molecule has 0 saturated carbocycles. The number of aromatic nitrogens is 4. The van der Waals surface area contributed by atoms with Gasteiger partial charge in [-0.15, -0.1) is 0 Å². The lowest BCUT2D eigenvalue weighted by atomic mass is 9.96. The molecule has 0 aliphatic carbocycles. The molecule has 0 aliphatic heterocycles. The van der Waals surface area contributed by atoms with E-state index in [0.717, 1.165) is 45.3 Å². The van der Waals surface area contributed by atoms with Gasteiger partial charge in [0.2, 0.25) is 5.91 Å². The van der Waals surface area contributed by atoms with Crippen molar-refractivity contribution in [1.82, 2.24) is 24.8 Å². The highest BCUT2D eigenvalue weighted by Gasteiger charge is 2.28. The van der Waals surface area contributed by atoms with Crippen LogP contribution in [0.5, 0.6) is 0 Å². The summed E-state index contributed by atoms with van der Waals surface area (Å²) in [5, 5.41) is 2.98. The predicted molar refractivity (Wildman–Crippen MR) is 187 cm³/mol. The minimum Gasteiger partial charge on any atom is -0.310 e. The molecule has 7 heteroatoms. The van der Waals surface area contributed by atoms with E-state index in [2.05, 4.69) is 63.7 Å². The fraction of sp³-hybridized carbons (Fsp3) is 0.175. The number of nitrogens with zero attached hydrogens (tertiary/aromatic N) is 5. The van der Waals surface area contributed by atoms with Crippen LogP contribution in [0.25, 0.3) is 22.5 Å². The Labute approximate surface area is 276 Å². The van der Waals surface area contributed by atoms with E-state index in [-0.39, 0.29) is 11.9 Å². The molecule has 0 bridgehead atoms. The molecule has 0 atom stereocenters. The third-order valence-corrected chi connectivity index (χ3v) is 7.79. The zero-order valence-electron chi connectivity index (χ0n) is 26.9. The van der Waals surface area contributed by atoms with Crippen molar-refractivity contribution in [3.05, 3.63) is 162 Å². The second-order valence-corrected chi connectivity index (χ2v) is 12.5. The Morgan fingerprint density at radius 2 is 1.15 bits per heavy atom. The maximum atomic E-state index is 12.8. The number of carbonyl (C=O) groups excluding carboxylic acids is 1. The number of nitrogens with one attached hydrogen (secondary N) is 1. The molecule has 6 rings (SSSR count). The minimum absolute atomic E-state index is 0.0887. The number of benzene rings is 2. The molecule has 6 aromatic rings. The van der Waals surface area contributed by atoms with E-state index < -0.39 is 5.41 Å². The van der Waals surface area contributed by atoms with Gasteiger partial charge < -0.3 is 5.32 Å². The van der Waals surface area contributed by atoms with Crippen molar-refractivity contribution in [2.75, 3.05) is 5.32 Å². The Morgan fingerprint density at radius 3 is 1.70 bits per heavy atom. The van der Waals surface area contributed by atoms with Crippen LogP contribution in [0.1, 0.15) is 49.6 Å². The molecule has 47 heavy (non-hydrogen) atoms. The van der Waals surface area contributed by atoms with Crippen molar-refractivity contribution in [2.24, 2.45) is 5.41 Å². The van der Waals surface area contributed by atoms with Crippen LogP contribution in [0, 0.1) is 5.41 Å². The molecule has 4 heterocycles. The molecule has 0 fully saturated rings. The summed E-state index contributed by atoms with van der Waals surface area (Å²) in [7, 11) is 0. The molecule has 234 valence electrons.